The number of alkyl halides is 1. The number of aromatic nitrogens is 1. The number of hydrogen-bond acceptors (Lipinski definition) is 5. The number of pyridine rings is 1. The lowest BCUT2D eigenvalue weighted by Gasteiger charge is -2.14. The molecular formula is C10H8ClN3O5. The van der Waals surface area contributed by atoms with E-state index in [4.69, 9.17) is 16.7 Å². The van der Waals surface area contributed by atoms with Crippen molar-refractivity contribution in [3.63, 3.8) is 0 Å². The monoisotopic (exact) mass is 285 g/mol. The maximum Gasteiger partial charge on any atom is 0.337 e. The van der Waals surface area contributed by atoms with Crippen LogP contribution in [-0.2, 0) is 4.79 Å². The average molecular weight is 286 g/mol. The van der Waals surface area contributed by atoms with E-state index in [9.17, 15) is 19.7 Å². The minimum Gasteiger partial charge on any atom is -0.478 e. The third kappa shape index (κ3) is 2.48. The van der Waals surface area contributed by atoms with Crippen LogP contribution in [0.3, 0.4) is 0 Å². The number of nitro groups is 1. The molecule has 0 bridgehead atoms. The van der Waals surface area contributed by atoms with E-state index in [1.807, 2.05) is 0 Å². The van der Waals surface area contributed by atoms with E-state index in [1.165, 1.54) is 0 Å². The summed E-state index contributed by atoms with van der Waals surface area (Å²) < 4.78 is 0. The van der Waals surface area contributed by atoms with E-state index < -0.39 is 22.0 Å². The van der Waals surface area contributed by atoms with Gasteiger partial charge in [-0.1, -0.05) is 0 Å². The molecule has 0 aliphatic carbocycles. The molecule has 1 saturated heterocycles. The normalized spacial score (nSPS) is 18.7. The minimum absolute atomic E-state index is 0.0705. The maximum absolute atomic E-state index is 11.6. The molecule has 2 rings (SSSR count). The molecular weight excluding hydrogens is 278 g/mol. The number of carboxylic acid groups (broad SMARTS) is 1. The van der Waals surface area contributed by atoms with Crippen molar-refractivity contribution in [1.82, 2.24) is 4.98 Å². The van der Waals surface area contributed by atoms with Crippen LogP contribution in [0, 0.1) is 10.1 Å². The van der Waals surface area contributed by atoms with Gasteiger partial charge in [0.15, 0.2) is 0 Å². The van der Waals surface area contributed by atoms with Crippen LogP contribution in [0.25, 0.3) is 0 Å². The molecule has 1 N–H and O–H groups in total. The van der Waals surface area contributed by atoms with Crippen LogP contribution in [0.2, 0.25) is 0 Å². The Labute approximate surface area is 111 Å². The Hall–Kier alpha value is -2.22. The highest BCUT2D eigenvalue weighted by Crippen LogP contribution is 2.31. The lowest BCUT2D eigenvalue weighted by Crippen LogP contribution is -2.26. The third-order valence-electron chi connectivity index (χ3n) is 2.62. The molecule has 100 valence electrons. The minimum atomic E-state index is -1.33. The number of rotatable bonds is 3. The summed E-state index contributed by atoms with van der Waals surface area (Å²) in [6.45, 7) is 0.112. The van der Waals surface area contributed by atoms with E-state index in [-0.39, 0.29) is 30.3 Å². The van der Waals surface area contributed by atoms with Crippen molar-refractivity contribution in [2.75, 3.05) is 11.4 Å². The number of carboxylic acids is 1. The molecule has 1 atom stereocenters. The molecule has 0 aromatic carbocycles. The van der Waals surface area contributed by atoms with Crippen molar-refractivity contribution in [1.29, 1.82) is 0 Å². The molecule has 1 amide bonds. The molecule has 19 heavy (non-hydrogen) atoms. The maximum atomic E-state index is 11.6. The Kier molecular flexibility index (Phi) is 3.34. The van der Waals surface area contributed by atoms with E-state index in [1.54, 1.807) is 0 Å². The lowest BCUT2D eigenvalue weighted by atomic mass is 10.2. The Bertz CT molecular complexity index is 576. The Morgan fingerprint density at radius 1 is 1.63 bits per heavy atom. The number of anilines is 1. The van der Waals surface area contributed by atoms with Gasteiger partial charge in [-0.3, -0.25) is 19.8 Å². The van der Waals surface area contributed by atoms with Crippen LogP contribution in [0.15, 0.2) is 12.3 Å². The van der Waals surface area contributed by atoms with Crippen molar-refractivity contribution < 1.29 is 19.6 Å². The average Bonchev–Trinajstić information content (AvgIpc) is 2.67. The Morgan fingerprint density at radius 3 is 2.79 bits per heavy atom. The second-order valence-corrected chi connectivity index (χ2v) is 4.55. The lowest BCUT2D eigenvalue weighted by molar-refractivity contribution is -0.384. The van der Waals surface area contributed by atoms with Gasteiger partial charge in [-0.05, 0) is 0 Å². The number of carbonyl (C=O) groups is 2. The zero-order chi connectivity index (χ0) is 14.2. The molecule has 0 saturated carbocycles. The standard InChI is InChI=1S/C10H8ClN3O5/c11-6-2-8(15)13(4-6)9-7(14(18)19)1-5(3-12-9)10(16)17/h1,3,6H,2,4H2,(H,16,17). The van der Waals surface area contributed by atoms with Gasteiger partial charge in [-0.15, -0.1) is 11.6 Å². The first kappa shape index (κ1) is 13.2. The van der Waals surface area contributed by atoms with Gasteiger partial charge < -0.3 is 5.11 Å². The number of hydrogen-bond donors (Lipinski definition) is 1. The van der Waals surface area contributed by atoms with Gasteiger partial charge in [0.1, 0.15) is 0 Å². The van der Waals surface area contributed by atoms with E-state index in [2.05, 4.69) is 4.98 Å². The first-order valence-electron chi connectivity index (χ1n) is 5.22. The SMILES string of the molecule is O=C(O)c1cnc(N2CC(Cl)CC2=O)c([N+](=O)[O-])c1. The topological polar surface area (TPSA) is 114 Å². The smallest absolute Gasteiger partial charge is 0.337 e. The molecule has 1 aromatic heterocycles. The summed E-state index contributed by atoms with van der Waals surface area (Å²) in [6, 6.07) is 0.875. The number of amides is 1. The zero-order valence-corrected chi connectivity index (χ0v) is 10.2. The summed E-state index contributed by atoms with van der Waals surface area (Å²) in [6.07, 6.45) is 1.04. The van der Waals surface area contributed by atoms with E-state index in [0.717, 1.165) is 17.2 Å². The number of carbonyl (C=O) groups excluding carboxylic acids is 1. The largest absolute Gasteiger partial charge is 0.478 e. The summed E-state index contributed by atoms with van der Waals surface area (Å²) in [5, 5.41) is 19.3. The van der Waals surface area contributed by atoms with Crippen LogP contribution in [0.1, 0.15) is 16.8 Å². The van der Waals surface area contributed by atoms with Gasteiger partial charge in [0, 0.05) is 25.2 Å². The van der Waals surface area contributed by atoms with E-state index in [0.29, 0.717) is 0 Å². The molecule has 2 heterocycles. The molecule has 9 heteroatoms. The summed E-state index contributed by atoms with van der Waals surface area (Å²) in [5.41, 5.74) is -0.844. The predicted octanol–water partition coefficient (Wildman–Crippen LogP) is 1.03. The van der Waals surface area contributed by atoms with Crippen molar-refractivity contribution in [3.8, 4) is 0 Å². The fourth-order valence-corrected chi connectivity index (χ4v) is 2.04. The van der Waals surface area contributed by atoms with Crippen molar-refractivity contribution in [2.24, 2.45) is 0 Å². The van der Waals surface area contributed by atoms with Crippen molar-refractivity contribution in [2.45, 2.75) is 11.8 Å². The fourth-order valence-electron chi connectivity index (χ4n) is 1.77. The molecule has 1 aromatic rings. The molecule has 1 unspecified atom stereocenters. The number of halogens is 1. The van der Waals surface area contributed by atoms with Crippen LogP contribution in [-0.4, -0.2) is 38.8 Å². The summed E-state index contributed by atoms with van der Waals surface area (Å²) >= 11 is 5.81. The molecule has 8 nitrogen and oxygen atoms in total. The highest BCUT2D eigenvalue weighted by molar-refractivity contribution is 6.24. The second kappa shape index (κ2) is 4.81. The molecule has 1 fully saturated rings. The second-order valence-electron chi connectivity index (χ2n) is 3.93. The molecule has 0 spiro atoms. The van der Waals surface area contributed by atoms with Crippen LogP contribution in [0.5, 0.6) is 0 Å². The molecule has 0 radical (unpaired) electrons. The first-order chi connectivity index (χ1) is 8.90. The zero-order valence-electron chi connectivity index (χ0n) is 9.45. The molecule has 1 aliphatic rings. The highest BCUT2D eigenvalue weighted by atomic mass is 35.5. The highest BCUT2D eigenvalue weighted by Gasteiger charge is 2.34. The van der Waals surface area contributed by atoms with Gasteiger partial charge in [-0.2, -0.15) is 0 Å². The van der Waals surface area contributed by atoms with E-state index >= 15 is 0 Å². The first-order valence-corrected chi connectivity index (χ1v) is 5.66. The summed E-state index contributed by atoms with van der Waals surface area (Å²) in [5.74, 6) is -1.88. The number of nitrogens with zero attached hydrogens (tertiary/aromatic N) is 3. The van der Waals surface area contributed by atoms with Gasteiger partial charge in [0.05, 0.1) is 15.9 Å². The predicted molar refractivity (Wildman–Crippen MR) is 64.5 cm³/mol. The Morgan fingerprint density at radius 2 is 2.32 bits per heavy atom. The third-order valence-corrected chi connectivity index (χ3v) is 2.92. The van der Waals surface area contributed by atoms with Crippen molar-refractivity contribution >= 4 is 35.0 Å². The Balaban J connectivity index is 2.48. The van der Waals surface area contributed by atoms with Crippen molar-refractivity contribution in [3.05, 3.63) is 27.9 Å². The van der Waals surface area contributed by atoms with Gasteiger partial charge in [0.2, 0.25) is 11.7 Å². The van der Waals surface area contributed by atoms with Crippen LogP contribution in [0.4, 0.5) is 11.5 Å². The number of aromatic carboxylic acids is 1. The fraction of sp³-hybridized carbons (Fsp3) is 0.300. The van der Waals surface area contributed by atoms with Crippen LogP contribution >= 0.6 is 11.6 Å². The van der Waals surface area contributed by atoms with Gasteiger partial charge >= 0.3 is 11.7 Å². The summed E-state index contributed by atoms with van der Waals surface area (Å²) in [7, 11) is 0. The summed E-state index contributed by atoms with van der Waals surface area (Å²) in [4.78, 5) is 37.4. The van der Waals surface area contributed by atoms with Gasteiger partial charge in [0.25, 0.3) is 0 Å². The molecule has 1 aliphatic heterocycles. The van der Waals surface area contributed by atoms with Gasteiger partial charge in [-0.25, -0.2) is 9.78 Å². The quantitative estimate of drug-likeness (QED) is 0.504. The van der Waals surface area contributed by atoms with Crippen LogP contribution < -0.4 is 4.90 Å².